The molecule has 1 aromatic heterocycles. The van der Waals surface area contributed by atoms with Crippen LogP contribution in [0.5, 0.6) is 0 Å². The van der Waals surface area contributed by atoms with Gasteiger partial charge in [-0.2, -0.15) is 5.10 Å². The molecule has 4 nitrogen and oxygen atoms in total. The van der Waals surface area contributed by atoms with Crippen molar-refractivity contribution in [1.82, 2.24) is 9.78 Å². The first-order chi connectivity index (χ1) is 8.52. The van der Waals surface area contributed by atoms with Crippen molar-refractivity contribution >= 4 is 0 Å². The molecule has 0 aliphatic carbocycles. The van der Waals surface area contributed by atoms with Crippen molar-refractivity contribution < 1.29 is 5.11 Å². The lowest BCUT2D eigenvalue weighted by Gasteiger charge is -2.09. The zero-order valence-corrected chi connectivity index (χ0v) is 10.8. The third kappa shape index (κ3) is 2.19. The quantitative estimate of drug-likeness (QED) is 0.872. The highest BCUT2D eigenvalue weighted by atomic mass is 16.3. The molecule has 94 valence electrons. The van der Waals surface area contributed by atoms with Gasteiger partial charge in [-0.1, -0.05) is 23.8 Å². The molecular formula is C14H16N2O2. The lowest BCUT2D eigenvalue weighted by molar-refractivity contribution is 0.279. The van der Waals surface area contributed by atoms with E-state index in [-0.39, 0.29) is 12.2 Å². The van der Waals surface area contributed by atoms with Gasteiger partial charge in [-0.25, -0.2) is 4.68 Å². The van der Waals surface area contributed by atoms with Crippen LogP contribution < -0.4 is 5.56 Å². The fraction of sp³-hybridized carbons (Fsp3) is 0.286. The van der Waals surface area contributed by atoms with E-state index in [0.717, 1.165) is 11.1 Å². The van der Waals surface area contributed by atoms with Crippen LogP contribution in [-0.2, 0) is 13.7 Å². The van der Waals surface area contributed by atoms with E-state index in [4.69, 9.17) is 0 Å². The van der Waals surface area contributed by atoms with Gasteiger partial charge in [0.25, 0.3) is 5.56 Å². The molecule has 4 heteroatoms. The highest BCUT2D eigenvalue weighted by Crippen LogP contribution is 2.22. The Bertz CT molecular complexity index is 645. The van der Waals surface area contributed by atoms with Crippen LogP contribution >= 0.6 is 0 Å². The molecule has 0 aliphatic rings. The molecule has 0 bridgehead atoms. The van der Waals surface area contributed by atoms with Gasteiger partial charge in [0, 0.05) is 18.2 Å². The van der Waals surface area contributed by atoms with Gasteiger partial charge in [0.1, 0.15) is 0 Å². The molecular weight excluding hydrogens is 228 g/mol. The summed E-state index contributed by atoms with van der Waals surface area (Å²) >= 11 is 0. The summed E-state index contributed by atoms with van der Waals surface area (Å²) in [6.07, 6.45) is 0. The molecule has 0 saturated carbocycles. The van der Waals surface area contributed by atoms with Crippen molar-refractivity contribution in [2.45, 2.75) is 20.5 Å². The minimum absolute atomic E-state index is 0.258. The molecule has 1 heterocycles. The molecule has 1 N–H and O–H groups in total. The third-order valence-corrected chi connectivity index (χ3v) is 2.97. The first kappa shape index (κ1) is 12.5. The zero-order chi connectivity index (χ0) is 13.3. The van der Waals surface area contributed by atoms with Crippen molar-refractivity contribution in [2.24, 2.45) is 7.05 Å². The van der Waals surface area contributed by atoms with Crippen LogP contribution in [0.2, 0.25) is 0 Å². The monoisotopic (exact) mass is 244 g/mol. The standard InChI is InChI=1S/C14H16N2O2/c1-9-4-5-12(10(2)6-9)13-7-11(8-17)14(18)16(3)15-13/h4-7,17H,8H2,1-3H3. The van der Waals surface area contributed by atoms with Crippen molar-refractivity contribution in [3.05, 3.63) is 51.3 Å². The predicted molar refractivity (Wildman–Crippen MR) is 70.3 cm³/mol. The third-order valence-electron chi connectivity index (χ3n) is 2.97. The number of hydrogen-bond donors (Lipinski definition) is 1. The van der Waals surface area contributed by atoms with Crippen molar-refractivity contribution in [3.8, 4) is 11.3 Å². The Labute approximate surface area is 106 Å². The van der Waals surface area contributed by atoms with Gasteiger partial charge >= 0.3 is 0 Å². The van der Waals surface area contributed by atoms with Crippen LogP contribution in [0, 0.1) is 13.8 Å². The molecule has 0 atom stereocenters. The summed E-state index contributed by atoms with van der Waals surface area (Å²) in [4.78, 5) is 11.7. The van der Waals surface area contributed by atoms with Crippen LogP contribution in [0.3, 0.4) is 0 Å². The maximum atomic E-state index is 11.7. The van der Waals surface area contributed by atoms with Crippen molar-refractivity contribution in [3.63, 3.8) is 0 Å². The Kier molecular flexibility index (Phi) is 3.30. The van der Waals surface area contributed by atoms with Gasteiger partial charge in [-0.15, -0.1) is 0 Å². The molecule has 1 aromatic carbocycles. The van der Waals surface area contributed by atoms with E-state index in [1.54, 1.807) is 13.1 Å². The van der Waals surface area contributed by atoms with Gasteiger partial charge in [0.2, 0.25) is 0 Å². The van der Waals surface area contributed by atoms with Gasteiger partial charge in [-0.05, 0) is 25.5 Å². The first-order valence-corrected chi connectivity index (χ1v) is 5.78. The van der Waals surface area contributed by atoms with Crippen LogP contribution in [0.1, 0.15) is 16.7 Å². The molecule has 0 aliphatic heterocycles. The molecule has 0 spiro atoms. The summed E-state index contributed by atoms with van der Waals surface area (Å²) in [5, 5.41) is 13.4. The number of aliphatic hydroxyl groups excluding tert-OH is 1. The van der Waals surface area contributed by atoms with E-state index in [2.05, 4.69) is 11.2 Å². The van der Waals surface area contributed by atoms with Crippen LogP contribution in [-0.4, -0.2) is 14.9 Å². The molecule has 0 radical (unpaired) electrons. The number of nitrogens with zero attached hydrogens (tertiary/aromatic N) is 2. The summed E-state index contributed by atoms with van der Waals surface area (Å²) in [5.74, 6) is 0. The van der Waals surface area contributed by atoms with Crippen LogP contribution in [0.4, 0.5) is 0 Å². The highest BCUT2D eigenvalue weighted by Gasteiger charge is 2.09. The largest absolute Gasteiger partial charge is 0.391 e. The second-order valence-electron chi connectivity index (χ2n) is 4.46. The smallest absolute Gasteiger partial charge is 0.272 e. The summed E-state index contributed by atoms with van der Waals surface area (Å²) in [7, 11) is 1.59. The maximum Gasteiger partial charge on any atom is 0.272 e. The number of aryl methyl sites for hydroxylation is 3. The van der Waals surface area contributed by atoms with E-state index >= 15 is 0 Å². The van der Waals surface area contributed by atoms with Gasteiger partial charge in [-0.3, -0.25) is 4.79 Å². The molecule has 2 aromatic rings. The van der Waals surface area contributed by atoms with E-state index in [1.165, 1.54) is 10.2 Å². The number of rotatable bonds is 2. The van der Waals surface area contributed by atoms with Crippen molar-refractivity contribution in [2.75, 3.05) is 0 Å². The minimum Gasteiger partial charge on any atom is -0.391 e. The Morgan fingerprint density at radius 3 is 2.61 bits per heavy atom. The Morgan fingerprint density at radius 2 is 2.00 bits per heavy atom. The Morgan fingerprint density at radius 1 is 1.28 bits per heavy atom. The number of benzene rings is 1. The minimum atomic E-state index is -0.271. The van der Waals surface area contributed by atoms with Crippen LogP contribution in [0.15, 0.2) is 29.1 Å². The van der Waals surface area contributed by atoms with E-state index in [9.17, 15) is 9.90 Å². The zero-order valence-electron chi connectivity index (χ0n) is 10.8. The molecule has 0 fully saturated rings. The van der Waals surface area contributed by atoms with Crippen molar-refractivity contribution in [1.29, 1.82) is 0 Å². The summed E-state index contributed by atoms with van der Waals surface area (Å²) in [6.45, 7) is 3.77. The van der Waals surface area contributed by atoms with Gasteiger partial charge < -0.3 is 5.11 Å². The van der Waals surface area contributed by atoms with Gasteiger partial charge in [0.05, 0.1) is 12.3 Å². The van der Waals surface area contributed by atoms with Crippen LogP contribution in [0.25, 0.3) is 11.3 Å². The Hall–Kier alpha value is -1.94. The summed E-state index contributed by atoms with van der Waals surface area (Å²) < 4.78 is 1.26. The van der Waals surface area contributed by atoms with E-state index < -0.39 is 0 Å². The second kappa shape index (κ2) is 4.74. The van der Waals surface area contributed by atoms with E-state index in [0.29, 0.717) is 11.3 Å². The average Bonchev–Trinajstić information content (AvgIpc) is 2.32. The topological polar surface area (TPSA) is 55.1 Å². The first-order valence-electron chi connectivity index (χ1n) is 5.78. The number of aliphatic hydroxyl groups is 1. The maximum absolute atomic E-state index is 11.7. The lowest BCUT2D eigenvalue weighted by Crippen LogP contribution is -2.23. The molecule has 18 heavy (non-hydrogen) atoms. The summed E-state index contributed by atoms with van der Waals surface area (Å²) in [5.41, 5.74) is 4.08. The summed E-state index contributed by atoms with van der Waals surface area (Å²) in [6, 6.07) is 7.72. The average molecular weight is 244 g/mol. The highest BCUT2D eigenvalue weighted by molar-refractivity contribution is 5.63. The molecule has 0 amide bonds. The fourth-order valence-electron chi connectivity index (χ4n) is 2.02. The Balaban J connectivity index is 2.64. The SMILES string of the molecule is Cc1ccc(-c2cc(CO)c(=O)n(C)n2)c(C)c1. The molecule has 2 rings (SSSR count). The number of aromatic nitrogens is 2. The lowest BCUT2D eigenvalue weighted by atomic mass is 10.0. The molecule has 0 saturated heterocycles. The number of hydrogen-bond acceptors (Lipinski definition) is 3. The second-order valence-corrected chi connectivity index (χ2v) is 4.46. The fourth-order valence-corrected chi connectivity index (χ4v) is 2.02. The van der Waals surface area contributed by atoms with Gasteiger partial charge in [0.15, 0.2) is 0 Å². The normalized spacial score (nSPS) is 10.7. The predicted octanol–water partition coefficient (Wildman–Crippen LogP) is 1.56. The van der Waals surface area contributed by atoms with E-state index in [1.807, 2.05) is 26.0 Å². The molecule has 0 unspecified atom stereocenters.